The number of halogens is 5. The normalized spacial score (nSPS) is 10.6. The molecule has 2 aromatic carbocycles. The highest BCUT2D eigenvalue weighted by atomic mass is 35.5. The van der Waals surface area contributed by atoms with Gasteiger partial charge >= 0.3 is 0 Å². The molecule has 17 heavy (non-hydrogen) atoms. The summed E-state index contributed by atoms with van der Waals surface area (Å²) in [6.45, 7) is 0. The lowest BCUT2D eigenvalue weighted by Gasteiger charge is -2.08. The highest BCUT2D eigenvalue weighted by Crippen LogP contribution is 2.38. The topological polar surface area (TPSA) is 0 Å². The Balaban J connectivity index is 2.64. The Kier molecular flexibility index (Phi) is 4.12. The van der Waals surface area contributed by atoms with Gasteiger partial charge in [-0.1, -0.05) is 64.1 Å². The highest BCUT2D eigenvalue weighted by Gasteiger charge is 2.10. The molecule has 2 aromatic rings. The standard InChI is InChI=1S/C12H5Cl5/c13-7-4-8(12(17)11(16)5-7)6-1-2-9(14)10(15)3-6/h1-5H. The van der Waals surface area contributed by atoms with E-state index in [0.29, 0.717) is 25.1 Å². The quantitative estimate of drug-likeness (QED) is 0.517. The van der Waals surface area contributed by atoms with Gasteiger partial charge in [0, 0.05) is 10.6 Å². The molecule has 0 nitrogen and oxygen atoms in total. The van der Waals surface area contributed by atoms with E-state index in [-0.39, 0.29) is 0 Å². The second-order valence-electron chi connectivity index (χ2n) is 3.38. The van der Waals surface area contributed by atoms with Crippen molar-refractivity contribution in [2.24, 2.45) is 0 Å². The molecule has 0 fully saturated rings. The number of benzene rings is 2. The van der Waals surface area contributed by atoms with Gasteiger partial charge in [0.1, 0.15) is 0 Å². The Bertz CT molecular complexity index is 577. The van der Waals surface area contributed by atoms with E-state index in [1.165, 1.54) is 0 Å². The van der Waals surface area contributed by atoms with Gasteiger partial charge < -0.3 is 0 Å². The van der Waals surface area contributed by atoms with E-state index in [9.17, 15) is 0 Å². The zero-order valence-electron chi connectivity index (χ0n) is 8.28. The summed E-state index contributed by atoms with van der Waals surface area (Å²) >= 11 is 29.8. The van der Waals surface area contributed by atoms with Crippen LogP contribution >= 0.6 is 58.0 Å². The molecule has 0 radical (unpaired) electrons. The predicted molar refractivity (Wildman–Crippen MR) is 76.9 cm³/mol. The fourth-order valence-electron chi connectivity index (χ4n) is 1.43. The fraction of sp³-hybridized carbons (Fsp3) is 0. The maximum absolute atomic E-state index is 6.13. The van der Waals surface area contributed by atoms with Gasteiger partial charge in [0.25, 0.3) is 0 Å². The van der Waals surface area contributed by atoms with Crippen LogP contribution in [0.3, 0.4) is 0 Å². The van der Waals surface area contributed by atoms with Crippen LogP contribution < -0.4 is 0 Å². The third-order valence-electron chi connectivity index (χ3n) is 2.22. The van der Waals surface area contributed by atoms with E-state index in [0.717, 1.165) is 11.1 Å². The summed E-state index contributed by atoms with van der Waals surface area (Å²) in [6.07, 6.45) is 0. The molecule has 0 saturated heterocycles. The van der Waals surface area contributed by atoms with Crippen LogP contribution in [0.5, 0.6) is 0 Å². The largest absolute Gasteiger partial charge is 0.0843 e. The molecule has 0 amide bonds. The van der Waals surface area contributed by atoms with E-state index in [2.05, 4.69) is 0 Å². The van der Waals surface area contributed by atoms with E-state index in [1.54, 1.807) is 24.3 Å². The van der Waals surface area contributed by atoms with Gasteiger partial charge in [0.2, 0.25) is 0 Å². The summed E-state index contributed by atoms with van der Waals surface area (Å²) < 4.78 is 0. The van der Waals surface area contributed by atoms with Crippen molar-refractivity contribution in [3.8, 4) is 11.1 Å². The molecule has 2 rings (SSSR count). The minimum atomic E-state index is 0.403. The zero-order chi connectivity index (χ0) is 12.6. The Hall–Kier alpha value is -0.110. The number of hydrogen-bond donors (Lipinski definition) is 0. The molecule has 0 aromatic heterocycles. The molecule has 0 aliphatic rings. The molecule has 0 saturated carbocycles. The lowest BCUT2D eigenvalue weighted by molar-refractivity contribution is 1.61. The molecule has 0 aliphatic heterocycles. The van der Waals surface area contributed by atoms with Crippen molar-refractivity contribution in [1.82, 2.24) is 0 Å². The zero-order valence-corrected chi connectivity index (χ0v) is 12.1. The first-order valence-corrected chi connectivity index (χ1v) is 6.48. The molecule has 0 atom stereocenters. The summed E-state index contributed by atoms with van der Waals surface area (Å²) in [5.41, 5.74) is 1.54. The Morgan fingerprint density at radius 2 is 1.35 bits per heavy atom. The van der Waals surface area contributed by atoms with Crippen molar-refractivity contribution < 1.29 is 0 Å². The second kappa shape index (κ2) is 5.26. The molecule has 5 heteroatoms. The minimum Gasteiger partial charge on any atom is -0.0843 e. The van der Waals surface area contributed by atoms with Gasteiger partial charge in [-0.2, -0.15) is 0 Å². The molecule has 0 spiro atoms. The van der Waals surface area contributed by atoms with Gasteiger partial charge in [-0.3, -0.25) is 0 Å². The van der Waals surface area contributed by atoms with Crippen LogP contribution in [0.1, 0.15) is 0 Å². The maximum Gasteiger partial charge on any atom is 0.0671 e. The van der Waals surface area contributed by atoms with Gasteiger partial charge in [-0.15, -0.1) is 0 Å². The van der Waals surface area contributed by atoms with E-state index in [4.69, 9.17) is 58.0 Å². The molecular weight excluding hydrogens is 321 g/mol. The van der Waals surface area contributed by atoms with Crippen LogP contribution in [0.15, 0.2) is 30.3 Å². The summed E-state index contributed by atoms with van der Waals surface area (Å²) in [5, 5.41) is 2.30. The monoisotopic (exact) mass is 324 g/mol. The third kappa shape index (κ3) is 2.83. The van der Waals surface area contributed by atoms with Crippen molar-refractivity contribution in [2.45, 2.75) is 0 Å². The summed E-state index contributed by atoms with van der Waals surface area (Å²) in [6, 6.07) is 8.55. The first kappa shape index (κ1) is 13.3. The SMILES string of the molecule is Clc1cc(Cl)c(Cl)c(-c2ccc(Cl)c(Cl)c2)c1. The van der Waals surface area contributed by atoms with Crippen molar-refractivity contribution >= 4 is 58.0 Å². The van der Waals surface area contributed by atoms with Gasteiger partial charge in [0.15, 0.2) is 0 Å². The summed E-state index contributed by atoms with van der Waals surface area (Å²) in [5.74, 6) is 0. The number of hydrogen-bond acceptors (Lipinski definition) is 0. The van der Waals surface area contributed by atoms with Crippen LogP contribution in [0.25, 0.3) is 11.1 Å². The van der Waals surface area contributed by atoms with Crippen LogP contribution in [-0.2, 0) is 0 Å². The van der Waals surface area contributed by atoms with Crippen molar-refractivity contribution in [3.63, 3.8) is 0 Å². The molecule has 0 bridgehead atoms. The first-order valence-electron chi connectivity index (χ1n) is 4.59. The third-order valence-corrected chi connectivity index (χ3v) is 3.98. The van der Waals surface area contributed by atoms with Crippen LogP contribution in [0.2, 0.25) is 25.1 Å². The van der Waals surface area contributed by atoms with Crippen molar-refractivity contribution in [1.29, 1.82) is 0 Å². The maximum atomic E-state index is 6.13. The molecule has 88 valence electrons. The van der Waals surface area contributed by atoms with Crippen LogP contribution in [-0.4, -0.2) is 0 Å². The predicted octanol–water partition coefficient (Wildman–Crippen LogP) is 6.62. The molecule has 0 N–H and O–H groups in total. The average molecular weight is 326 g/mol. The van der Waals surface area contributed by atoms with Gasteiger partial charge in [-0.05, 0) is 29.8 Å². The van der Waals surface area contributed by atoms with Crippen LogP contribution in [0.4, 0.5) is 0 Å². The lowest BCUT2D eigenvalue weighted by atomic mass is 10.1. The molecule has 0 aliphatic carbocycles. The Morgan fingerprint density at radius 1 is 0.647 bits per heavy atom. The summed E-state index contributed by atoms with van der Waals surface area (Å²) in [4.78, 5) is 0. The van der Waals surface area contributed by atoms with Crippen molar-refractivity contribution in [3.05, 3.63) is 55.4 Å². The molecular formula is C12H5Cl5. The fourth-order valence-corrected chi connectivity index (χ4v) is 2.44. The Labute approximate surface area is 124 Å². The minimum absolute atomic E-state index is 0.403. The second-order valence-corrected chi connectivity index (χ2v) is 5.41. The van der Waals surface area contributed by atoms with Gasteiger partial charge in [-0.25, -0.2) is 0 Å². The summed E-state index contributed by atoms with van der Waals surface area (Å²) in [7, 11) is 0. The van der Waals surface area contributed by atoms with E-state index < -0.39 is 0 Å². The van der Waals surface area contributed by atoms with Crippen molar-refractivity contribution in [2.75, 3.05) is 0 Å². The average Bonchev–Trinajstić information content (AvgIpc) is 2.27. The van der Waals surface area contributed by atoms with E-state index >= 15 is 0 Å². The number of rotatable bonds is 1. The highest BCUT2D eigenvalue weighted by molar-refractivity contribution is 6.45. The lowest BCUT2D eigenvalue weighted by Crippen LogP contribution is -1.82. The first-order chi connectivity index (χ1) is 7.99. The van der Waals surface area contributed by atoms with E-state index in [1.807, 2.05) is 6.07 Å². The molecule has 0 heterocycles. The molecule has 0 unspecified atom stereocenters. The van der Waals surface area contributed by atoms with Gasteiger partial charge in [0.05, 0.1) is 20.1 Å². The Morgan fingerprint density at radius 3 is 2.00 bits per heavy atom. The smallest absolute Gasteiger partial charge is 0.0671 e. The van der Waals surface area contributed by atoms with Crippen LogP contribution in [0, 0.1) is 0 Å².